The first-order chi connectivity index (χ1) is 12.5. The zero-order valence-electron chi connectivity index (χ0n) is 14.5. The normalized spacial score (nSPS) is 21.7. The summed E-state index contributed by atoms with van der Waals surface area (Å²) in [5, 5.41) is 3.27. The highest BCUT2D eigenvalue weighted by atomic mass is 19.3. The van der Waals surface area contributed by atoms with Gasteiger partial charge in [-0.05, 0) is 24.8 Å². The van der Waals surface area contributed by atoms with Crippen molar-refractivity contribution in [2.24, 2.45) is 5.92 Å². The van der Waals surface area contributed by atoms with Crippen molar-refractivity contribution < 1.29 is 27.0 Å². The first-order valence-corrected chi connectivity index (χ1v) is 8.95. The molecular weight excluding hydrogens is 352 g/mol. The van der Waals surface area contributed by atoms with E-state index in [-0.39, 0.29) is 17.7 Å². The van der Waals surface area contributed by atoms with Crippen LogP contribution in [0.25, 0.3) is 0 Å². The van der Waals surface area contributed by atoms with E-state index in [1.165, 1.54) is 12.1 Å². The van der Waals surface area contributed by atoms with Gasteiger partial charge in [-0.2, -0.15) is 17.6 Å². The van der Waals surface area contributed by atoms with Crippen LogP contribution in [-0.4, -0.2) is 56.8 Å². The van der Waals surface area contributed by atoms with Crippen LogP contribution in [0.2, 0.25) is 0 Å². The minimum Gasteiger partial charge on any atom is -0.428 e. The van der Waals surface area contributed by atoms with Gasteiger partial charge in [0.05, 0.1) is 0 Å². The number of halogens is 4. The minimum absolute atomic E-state index is 0.161. The van der Waals surface area contributed by atoms with Crippen molar-refractivity contribution >= 4 is 0 Å². The maximum Gasteiger partial charge on any atom is 0.461 e. The molecule has 3 rings (SSSR count). The van der Waals surface area contributed by atoms with Gasteiger partial charge in [0.2, 0.25) is 0 Å². The standard InChI is InChI=1S/C18H24F4N2O2/c19-17(20)18(21,22)26-15-4-2-1-3-14(15)16(13-5-11-25-12-6-13)24-9-7-23-8-10-24/h1-4,13,16-17,23H,5-12H2/t16-/m0/s1. The summed E-state index contributed by atoms with van der Waals surface area (Å²) in [6.07, 6.45) is -6.79. The van der Waals surface area contributed by atoms with Crippen LogP contribution in [0.5, 0.6) is 5.75 Å². The van der Waals surface area contributed by atoms with E-state index in [1.54, 1.807) is 12.1 Å². The number of hydrogen-bond donors (Lipinski definition) is 1. The van der Waals surface area contributed by atoms with Crippen molar-refractivity contribution in [1.82, 2.24) is 10.2 Å². The number of benzene rings is 1. The third-order valence-corrected chi connectivity index (χ3v) is 5.00. The largest absolute Gasteiger partial charge is 0.461 e. The molecule has 2 aliphatic heterocycles. The van der Waals surface area contributed by atoms with Crippen molar-refractivity contribution in [3.8, 4) is 5.75 Å². The highest BCUT2D eigenvalue weighted by Crippen LogP contribution is 2.41. The summed E-state index contributed by atoms with van der Waals surface area (Å²) in [7, 11) is 0. The molecule has 1 N–H and O–H groups in total. The molecular formula is C18H24F4N2O2. The van der Waals surface area contributed by atoms with E-state index >= 15 is 0 Å². The van der Waals surface area contributed by atoms with Crippen LogP contribution in [0.15, 0.2) is 24.3 Å². The van der Waals surface area contributed by atoms with Gasteiger partial charge in [0.25, 0.3) is 0 Å². The fraction of sp³-hybridized carbons (Fsp3) is 0.667. The Kier molecular flexibility index (Phi) is 6.37. The van der Waals surface area contributed by atoms with Crippen LogP contribution >= 0.6 is 0 Å². The first-order valence-electron chi connectivity index (χ1n) is 8.95. The van der Waals surface area contributed by atoms with Crippen molar-refractivity contribution in [1.29, 1.82) is 0 Å². The van der Waals surface area contributed by atoms with Crippen LogP contribution in [0.1, 0.15) is 24.4 Å². The molecule has 8 heteroatoms. The zero-order valence-corrected chi connectivity index (χ0v) is 14.5. The molecule has 2 heterocycles. The molecule has 0 unspecified atom stereocenters. The smallest absolute Gasteiger partial charge is 0.428 e. The first kappa shape index (κ1) is 19.4. The fourth-order valence-electron chi connectivity index (χ4n) is 3.75. The molecule has 2 aliphatic rings. The topological polar surface area (TPSA) is 33.7 Å². The molecule has 1 atom stereocenters. The third kappa shape index (κ3) is 4.47. The summed E-state index contributed by atoms with van der Waals surface area (Å²) in [4.78, 5) is 2.23. The average molecular weight is 376 g/mol. The molecule has 0 aromatic heterocycles. The molecule has 0 amide bonds. The molecule has 2 saturated heterocycles. The molecule has 0 saturated carbocycles. The third-order valence-electron chi connectivity index (χ3n) is 5.00. The van der Waals surface area contributed by atoms with Gasteiger partial charge < -0.3 is 14.8 Å². The highest BCUT2D eigenvalue weighted by Gasteiger charge is 2.45. The lowest BCUT2D eigenvalue weighted by Crippen LogP contribution is -2.47. The van der Waals surface area contributed by atoms with Gasteiger partial charge in [-0.3, -0.25) is 4.90 Å². The SMILES string of the molecule is FC(F)C(F)(F)Oc1ccccc1[C@H](C1CCOCC1)N1CCNCC1. The monoisotopic (exact) mass is 376 g/mol. The Labute approximate surface area is 150 Å². The van der Waals surface area contributed by atoms with E-state index in [4.69, 9.17) is 4.74 Å². The average Bonchev–Trinajstić information content (AvgIpc) is 2.65. The van der Waals surface area contributed by atoms with Crippen LogP contribution in [0.3, 0.4) is 0 Å². The van der Waals surface area contributed by atoms with E-state index in [0.717, 1.165) is 39.0 Å². The molecule has 26 heavy (non-hydrogen) atoms. The second kappa shape index (κ2) is 8.54. The van der Waals surface area contributed by atoms with Crippen LogP contribution in [0, 0.1) is 5.92 Å². The van der Waals surface area contributed by atoms with E-state index in [1.807, 2.05) is 0 Å². The Hall–Kier alpha value is -1.38. The lowest BCUT2D eigenvalue weighted by Gasteiger charge is -2.41. The van der Waals surface area contributed by atoms with E-state index in [2.05, 4.69) is 15.0 Å². The van der Waals surface area contributed by atoms with Crippen LogP contribution in [-0.2, 0) is 4.74 Å². The molecule has 0 bridgehead atoms. The summed E-state index contributed by atoms with van der Waals surface area (Å²) >= 11 is 0. The van der Waals surface area contributed by atoms with E-state index in [9.17, 15) is 17.6 Å². The maximum absolute atomic E-state index is 13.5. The Morgan fingerprint density at radius 1 is 1.12 bits per heavy atom. The summed E-state index contributed by atoms with van der Waals surface area (Å²) in [6.45, 7) is 4.36. The molecule has 1 aromatic carbocycles. The van der Waals surface area contributed by atoms with E-state index in [0.29, 0.717) is 18.8 Å². The Morgan fingerprint density at radius 2 is 1.77 bits per heavy atom. The van der Waals surface area contributed by atoms with Crippen molar-refractivity contribution in [3.05, 3.63) is 29.8 Å². The van der Waals surface area contributed by atoms with Gasteiger partial charge in [-0.1, -0.05) is 18.2 Å². The van der Waals surface area contributed by atoms with Gasteiger partial charge in [0, 0.05) is 51.0 Å². The van der Waals surface area contributed by atoms with Gasteiger partial charge in [0.15, 0.2) is 0 Å². The predicted octanol–water partition coefficient (Wildman–Crippen LogP) is 3.30. The maximum atomic E-state index is 13.5. The molecule has 1 aromatic rings. The molecule has 0 aliphatic carbocycles. The van der Waals surface area contributed by atoms with Gasteiger partial charge >= 0.3 is 12.5 Å². The Balaban J connectivity index is 1.92. The van der Waals surface area contributed by atoms with Crippen molar-refractivity contribution in [3.63, 3.8) is 0 Å². The van der Waals surface area contributed by atoms with Gasteiger partial charge in [0.1, 0.15) is 5.75 Å². The molecule has 146 valence electrons. The van der Waals surface area contributed by atoms with Crippen molar-refractivity contribution in [2.75, 3.05) is 39.4 Å². The number of ether oxygens (including phenoxy) is 2. The second-order valence-corrected chi connectivity index (χ2v) is 6.68. The lowest BCUT2D eigenvalue weighted by molar-refractivity contribution is -0.253. The van der Waals surface area contributed by atoms with Gasteiger partial charge in [-0.15, -0.1) is 0 Å². The van der Waals surface area contributed by atoms with E-state index < -0.39 is 12.5 Å². The number of nitrogens with zero attached hydrogens (tertiary/aromatic N) is 1. The zero-order chi connectivity index (χ0) is 18.6. The summed E-state index contributed by atoms with van der Waals surface area (Å²) in [5.41, 5.74) is 0.543. The number of alkyl halides is 4. The fourth-order valence-corrected chi connectivity index (χ4v) is 3.75. The van der Waals surface area contributed by atoms with Crippen molar-refractivity contribution in [2.45, 2.75) is 31.4 Å². The second-order valence-electron chi connectivity index (χ2n) is 6.68. The number of hydrogen-bond acceptors (Lipinski definition) is 4. The number of rotatable bonds is 6. The molecule has 0 spiro atoms. The summed E-state index contributed by atoms with van der Waals surface area (Å²) < 4.78 is 62.3. The minimum atomic E-state index is -4.51. The summed E-state index contributed by atoms with van der Waals surface area (Å²) in [5.74, 6) is 0.0274. The van der Waals surface area contributed by atoms with Gasteiger partial charge in [-0.25, -0.2) is 0 Å². The summed E-state index contributed by atoms with van der Waals surface area (Å²) in [6, 6.07) is 6.15. The quantitative estimate of drug-likeness (QED) is 0.773. The number of piperazine rings is 1. The van der Waals surface area contributed by atoms with Crippen LogP contribution < -0.4 is 10.1 Å². The predicted molar refractivity (Wildman–Crippen MR) is 88.7 cm³/mol. The van der Waals surface area contributed by atoms with Crippen LogP contribution in [0.4, 0.5) is 17.6 Å². The Morgan fingerprint density at radius 3 is 2.42 bits per heavy atom. The number of para-hydroxylation sites is 1. The number of nitrogens with one attached hydrogen (secondary N) is 1. The Bertz CT molecular complexity index is 558. The highest BCUT2D eigenvalue weighted by molar-refractivity contribution is 5.37. The lowest BCUT2D eigenvalue weighted by atomic mass is 9.85. The molecule has 4 nitrogen and oxygen atoms in total. The molecule has 2 fully saturated rings. The molecule has 0 radical (unpaired) electrons.